The van der Waals surface area contributed by atoms with E-state index in [-0.39, 0.29) is 0 Å². The standard InChI is InChI=1S/C30H43N/c1-3-5-7-9-11-15-22-31(23-16-12-10-8-6-4-2)30-21-17-20-28-24-26-18-13-14-19-27(26)25-29(28)30/h13-14,17-21,24-25H,3-12,15-16,22-23H2,1-2H3. The van der Waals surface area contributed by atoms with Gasteiger partial charge in [-0.2, -0.15) is 0 Å². The summed E-state index contributed by atoms with van der Waals surface area (Å²) in [5.74, 6) is 0. The van der Waals surface area contributed by atoms with E-state index in [0.717, 1.165) is 0 Å². The summed E-state index contributed by atoms with van der Waals surface area (Å²) in [5, 5.41) is 5.47. The second-order valence-corrected chi connectivity index (χ2v) is 9.22. The van der Waals surface area contributed by atoms with Gasteiger partial charge in [0.15, 0.2) is 0 Å². The summed E-state index contributed by atoms with van der Waals surface area (Å²) in [5.41, 5.74) is 1.44. The largest absolute Gasteiger partial charge is 0.371 e. The Labute approximate surface area is 190 Å². The first-order chi connectivity index (χ1) is 15.3. The Morgan fingerprint density at radius 1 is 0.516 bits per heavy atom. The van der Waals surface area contributed by atoms with Crippen molar-refractivity contribution in [2.45, 2.75) is 90.9 Å². The van der Waals surface area contributed by atoms with Crippen LogP contribution in [0.4, 0.5) is 5.69 Å². The van der Waals surface area contributed by atoms with Crippen LogP contribution in [0.15, 0.2) is 54.6 Å². The van der Waals surface area contributed by atoms with Gasteiger partial charge < -0.3 is 4.90 Å². The summed E-state index contributed by atoms with van der Waals surface area (Å²) in [4.78, 5) is 2.69. The van der Waals surface area contributed by atoms with E-state index in [0.29, 0.717) is 0 Å². The van der Waals surface area contributed by atoms with Crippen molar-refractivity contribution < 1.29 is 0 Å². The van der Waals surface area contributed by atoms with Gasteiger partial charge in [-0.15, -0.1) is 0 Å². The molecule has 0 saturated carbocycles. The lowest BCUT2D eigenvalue weighted by Crippen LogP contribution is -2.26. The van der Waals surface area contributed by atoms with E-state index in [1.165, 1.54) is 117 Å². The van der Waals surface area contributed by atoms with Gasteiger partial charge in [-0.1, -0.05) is 114 Å². The van der Waals surface area contributed by atoms with Crippen molar-refractivity contribution in [2.75, 3.05) is 18.0 Å². The number of fused-ring (bicyclic) bond motifs is 2. The molecule has 0 N–H and O–H groups in total. The van der Waals surface area contributed by atoms with E-state index >= 15 is 0 Å². The topological polar surface area (TPSA) is 3.24 Å². The van der Waals surface area contributed by atoms with Crippen LogP contribution < -0.4 is 4.90 Å². The van der Waals surface area contributed by atoms with Crippen LogP contribution in [0, 0.1) is 0 Å². The number of anilines is 1. The third kappa shape index (κ3) is 7.27. The van der Waals surface area contributed by atoms with Crippen LogP contribution >= 0.6 is 0 Å². The Balaban J connectivity index is 1.73. The maximum absolute atomic E-state index is 2.69. The predicted octanol–water partition coefficient (Wildman–Crippen LogP) is 9.52. The maximum Gasteiger partial charge on any atom is 0.0446 e. The molecule has 0 unspecified atom stereocenters. The molecule has 0 radical (unpaired) electrons. The summed E-state index contributed by atoms with van der Waals surface area (Å²) >= 11 is 0. The van der Waals surface area contributed by atoms with E-state index < -0.39 is 0 Å². The molecule has 0 amide bonds. The summed E-state index contributed by atoms with van der Waals surface area (Å²) in [6, 6.07) is 20.4. The minimum atomic E-state index is 1.19. The zero-order valence-electron chi connectivity index (χ0n) is 20.0. The number of nitrogens with zero attached hydrogens (tertiary/aromatic N) is 1. The van der Waals surface area contributed by atoms with Gasteiger partial charge in [0.1, 0.15) is 0 Å². The highest BCUT2D eigenvalue weighted by Gasteiger charge is 2.11. The van der Waals surface area contributed by atoms with E-state index in [1.807, 2.05) is 0 Å². The van der Waals surface area contributed by atoms with Gasteiger partial charge in [0.25, 0.3) is 0 Å². The lowest BCUT2D eigenvalue weighted by molar-refractivity contribution is 0.575. The Bertz CT molecular complexity index is 881. The normalized spacial score (nSPS) is 11.4. The van der Waals surface area contributed by atoms with Gasteiger partial charge >= 0.3 is 0 Å². The second kappa shape index (κ2) is 13.4. The molecule has 0 aliphatic heterocycles. The Hall–Kier alpha value is -2.02. The molecule has 3 aromatic rings. The lowest BCUT2D eigenvalue weighted by Gasteiger charge is -2.27. The fraction of sp³-hybridized carbons (Fsp3) is 0.533. The van der Waals surface area contributed by atoms with Crippen molar-refractivity contribution in [2.24, 2.45) is 0 Å². The quantitative estimate of drug-likeness (QED) is 0.176. The van der Waals surface area contributed by atoms with Crippen LogP contribution in [-0.4, -0.2) is 13.1 Å². The van der Waals surface area contributed by atoms with Crippen molar-refractivity contribution >= 4 is 27.2 Å². The lowest BCUT2D eigenvalue weighted by atomic mass is 10.0. The predicted molar refractivity (Wildman–Crippen MR) is 140 cm³/mol. The van der Waals surface area contributed by atoms with Gasteiger partial charge in [-0.3, -0.25) is 0 Å². The molecule has 0 fully saturated rings. The average Bonchev–Trinajstić information content (AvgIpc) is 2.80. The first kappa shape index (κ1) is 23.6. The van der Waals surface area contributed by atoms with Crippen molar-refractivity contribution in [1.29, 1.82) is 0 Å². The molecule has 0 atom stereocenters. The van der Waals surface area contributed by atoms with Gasteiger partial charge in [-0.25, -0.2) is 0 Å². The molecule has 0 bridgehead atoms. The molecule has 3 aromatic carbocycles. The highest BCUT2D eigenvalue weighted by molar-refractivity contribution is 6.03. The first-order valence-electron chi connectivity index (χ1n) is 13.0. The van der Waals surface area contributed by atoms with Crippen LogP contribution in [0.5, 0.6) is 0 Å². The Kier molecular flexibility index (Phi) is 10.2. The highest BCUT2D eigenvalue weighted by Crippen LogP contribution is 2.31. The van der Waals surface area contributed by atoms with Gasteiger partial charge in [-0.05, 0) is 47.2 Å². The van der Waals surface area contributed by atoms with E-state index in [1.54, 1.807) is 0 Å². The molecule has 0 aliphatic carbocycles. The number of unbranched alkanes of at least 4 members (excludes halogenated alkanes) is 10. The fourth-order valence-corrected chi connectivity index (χ4v) is 4.74. The van der Waals surface area contributed by atoms with Crippen molar-refractivity contribution in [3.05, 3.63) is 54.6 Å². The van der Waals surface area contributed by atoms with Crippen LogP contribution in [0.25, 0.3) is 21.5 Å². The summed E-state index contributed by atoms with van der Waals surface area (Å²) in [6.07, 6.45) is 16.3. The summed E-state index contributed by atoms with van der Waals surface area (Å²) in [6.45, 7) is 6.97. The maximum atomic E-state index is 2.69. The van der Waals surface area contributed by atoms with Crippen molar-refractivity contribution in [3.8, 4) is 0 Å². The van der Waals surface area contributed by atoms with Crippen molar-refractivity contribution in [1.82, 2.24) is 0 Å². The van der Waals surface area contributed by atoms with E-state index in [4.69, 9.17) is 0 Å². The SMILES string of the molecule is CCCCCCCCN(CCCCCCCC)c1cccc2cc3ccccc3cc12. The molecule has 3 rings (SSSR count). The first-order valence-corrected chi connectivity index (χ1v) is 13.0. The Morgan fingerprint density at radius 2 is 1.03 bits per heavy atom. The zero-order valence-corrected chi connectivity index (χ0v) is 20.0. The number of benzene rings is 3. The van der Waals surface area contributed by atoms with Gasteiger partial charge in [0.05, 0.1) is 0 Å². The molecule has 168 valence electrons. The summed E-state index contributed by atoms with van der Waals surface area (Å²) in [7, 11) is 0. The molecule has 1 heteroatoms. The molecule has 0 heterocycles. The molecule has 0 aromatic heterocycles. The van der Waals surface area contributed by atoms with E-state index in [2.05, 4.69) is 73.3 Å². The monoisotopic (exact) mass is 417 g/mol. The van der Waals surface area contributed by atoms with Crippen LogP contribution in [0.2, 0.25) is 0 Å². The van der Waals surface area contributed by atoms with Gasteiger partial charge in [0, 0.05) is 24.2 Å². The molecule has 1 nitrogen and oxygen atoms in total. The van der Waals surface area contributed by atoms with Crippen LogP contribution in [0.1, 0.15) is 90.9 Å². The fourth-order valence-electron chi connectivity index (χ4n) is 4.74. The number of hydrogen-bond donors (Lipinski definition) is 0. The zero-order chi connectivity index (χ0) is 21.7. The summed E-state index contributed by atoms with van der Waals surface area (Å²) < 4.78 is 0. The van der Waals surface area contributed by atoms with Gasteiger partial charge in [0.2, 0.25) is 0 Å². The Morgan fingerprint density at radius 3 is 1.65 bits per heavy atom. The third-order valence-corrected chi connectivity index (χ3v) is 6.63. The highest BCUT2D eigenvalue weighted by atomic mass is 15.1. The minimum absolute atomic E-state index is 1.19. The number of hydrogen-bond acceptors (Lipinski definition) is 1. The molecule has 0 aliphatic rings. The smallest absolute Gasteiger partial charge is 0.0446 e. The van der Waals surface area contributed by atoms with Crippen molar-refractivity contribution in [3.63, 3.8) is 0 Å². The van der Waals surface area contributed by atoms with Crippen LogP contribution in [0.3, 0.4) is 0 Å². The van der Waals surface area contributed by atoms with Crippen LogP contribution in [-0.2, 0) is 0 Å². The molecular formula is C30H43N. The molecule has 0 saturated heterocycles. The molecule has 31 heavy (non-hydrogen) atoms. The number of rotatable bonds is 15. The molecule has 0 spiro atoms. The third-order valence-electron chi connectivity index (χ3n) is 6.63. The average molecular weight is 418 g/mol. The minimum Gasteiger partial charge on any atom is -0.371 e. The second-order valence-electron chi connectivity index (χ2n) is 9.22. The molecular weight excluding hydrogens is 374 g/mol. The van der Waals surface area contributed by atoms with E-state index in [9.17, 15) is 0 Å².